The quantitative estimate of drug-likeness (QED) is 0.372. The van der Waals surface area contributed by atoms with Crippen molar-refractivity contribution in [2.75, 3.05) is 0 Å². The highest BCUT2D eigenvalue weighted by atomic mass is 35.5. The first-order chi connectivity index (χ1) is 13.5. The molecular weight excluding hydrogens is 386 g/mol. The van der Waals surface area contributed by atoms with Gasteiger partial charge in [-0.2, -0.15) is 5.10 Å². The Hall–Kier alpha value is -3.49. The molecule has 0 aliphatic heterocycles. The number of hydrogen-bond acceptors (Lipinski definition) is 6. The number of carbonyl (C=O) groups is 1. The van der Waals surface area contributed by atoms with E-state index in [9.17, 15) is 20.0 Å². The zero-order chi connectivity index (χ0) is 20.1. The second-order valence-corrected chi connectivity index (χ2v) is 6.08. The van der Waals surface area contributed by atoms with E-state index >= 15 is 0 Å². The molecule has 9 heteroatoms. The maximum Gasteiger partial charge on any atom is 0.273 e. The predicted molar refractivity (Wildman–Crippen MR) is 103 cm³/mol. The summed E-state index contributed by atoms with van der Waals surface area (Å²) in [6.45, 7) is 0. The van der Waals surface area contributed by atoms with Gasteiger partial charge in [-0.15, -0.1) is 0 Å². The van der Waals surface area contributed by atoms with E-state index in [-0.39, 0.29) is 10.7 Å². The summed E-state index contributed by atoms with van der Waals surface area (Å²) in [4.78, 5) is 22.1. The number of rotatable bonds is 6. The third kappa shape index (κ3) is 4.43. The number of aliphatic hydroxyl groups is 1. The van der Waals surface area contributed by atoms with Crippen LogP contribution in [0.1, 0.15) is 17.4 Å². The molecule has 2 N–H and O–H groups in total. The van der Waals surface area contributed by atoms with Gasteiger partial charge >= 0.3 is 0 Å². The summed E-state index contributed by atoms with van der Waals surface area (Å²) in [5.41, 5.74) is 3.04. The number of nitrogens with zero attached hydrogens (tertiary/aromatic N) is 2. The van der Waals surface area contributed by atoms with E-state index in [0.29, 0.717) is 22.6 Å². The standard InChI is InChI=1S/C19H14ClN3O5/c20-16-10-13(23(26)27)6-8-15(16)17-9-7-14(28-17)11-21-22-19(25)18(24)12-4-2-1-3-5-12/h1-11,18,24H,(H,22,25)/b21-11+. The van der Waals surface area contributed by atoms with Crippen molar-refractivity contribution in [3.8, 4) is 11.3 Å². The second-order valence-electron chi connectivity index (χ2n) is 5.67. The minimum absolute atomic E-state index is 0.123. The molecule has 1 atom stereocenters. The zero-order valence-electron chi connectivity index (χ0n) is 14.3. The van der Waals surface area contributed by atoms with E-state index in [0.717, 1.165) is 0 Å². The fraction of sp³-hybridized carbons (Fsp3) is 0.0526. The summed E-state index contributed by atoms with van der Waals surface area (Å²) >= 11 is 6.07. The van der Waals surface area contributed by atoms with Crippen LogP contribution in [0.15, 0.2) is 70.2 Å². The van der Waals surface area contributed by atoms with Gasteiger partial charge in [0.25, 0.3) is 11.6 Å². The normalized spacial score (nSPS) is 12.1. The molecule has 0 radical (unpaired) electrons. The molecule has 3 rings (SSSR count). The number of aliphatic hydroxyl groups excluding tert-OH is 1. The van der Waals surface area contributed by atoms with Gasteiger partial charge in [-0.25, -0.2) is 5.43 Å². The Kier molecular flexibility index (Phi) is 5.83. The first kappa shape index (κ1) is 19.3. The molecule has 0 fully saturated rings. The minimum atomic E-state index is -1.34. The van der Waals surface area contributed by atoms with E-state index in [2.05, 4.69) is 10.5 Å². The Morgan fingerprint density at radius 3 is 2.64 bits per heavy atom. The van der Waals surface area contributed by atoms with Gasteiger partial charge in [-0.05, 0) is 23.8 Å². The van der Waals surface area contributed by atoms with Gasteiger partial charge in [0.2, 0.25) is 0 Å². The molecule has 1 unspecified atom stereocenters. The average molecular weight is 400 g/mol. The highest BCUT2D eigenvalue weighted by Crippen LogP contribution is 2.32. The largest absolute Gasteiger partial charge is 0.455 e. The van der Waals surface area contributed by atoms with Crippen LogP contribution < -0.4 is 5.43 Å². The van der Waals surface area contributed by atoms with Gasteiger partial charge in [0.05, 0.1) is 16.2 Å². The maximum absolute atomic E-state index is 11.9. The number of carbonyl (C=O) groups excluding carboxylic acids is 1. The fourth-order valence-corrected chi connectivity index (χ4v) is 2.66. The third-order valence-corrected chi connectivity index (χ3v) is 4.10. The lowest BCUT2D eigenvalue weighted by molar-refractivity contribution is -0.384. The van der Waals surface area contributed by atoms with Crippen LogP contribution in [-0.2, 0) is 4.79 Å². The number of hydrogen-bond donors (Lipinski definition) is 2. The fourth-order valence-electron chi connectivity index (χ4n) is 2.39. The average Bonchev–Trinajstić information content (AvgIpc) is 3.16. The molecule has 0 aliphatic rings. The van der Waals surface area contributed by atoms with Crippen molar-refractivity contribution in [1.29, 1.82) is 0 Å². The maximum atomic E-state index is 11.9. The van der Waals surface area contributed by atoms with Gasteiger partial charge in [-0.3, -0.25) is 14.9 Å². The van der Waals surface area contributed by atoms with Crippen LogP contribution in [0.25, 0.3) is 11.3 Å². The molecule has 2 aromatic carbocycles. The van der Waals surface area contributed by atoms with E-state index in [4.69, 9.17) is 16.0 Å². The number of furan rings is 1. The summed E-state index contributed by atoms with van der Waals surface area (Å²) in [6.07, 6.45) is -0.0808. The van der Waals surface area contributed by atoms with Gasteiger partial charge < -0.3 is 9.52 Å². The van der Waals surface area contributed by atoms with E-state index in [1.165, 1.54) is 24.4 Å². The molecule has 8 nitrogen and oxygen atoms in total. The molecule has 1 aromatic heterocycles. The van der Waals surface area contributed by atoms with E-state index in [1.54, 1.807) is 42.5 Å². The van der Waals surface area contributed by atoms with Gasteiger partial charge in [0.15, 0.2) is 6.10 Å². The molecule has 0 aliphatic carbocycles. The van der Waals surface area contributed by atoms with Crippen molar-refractivity contribution < 1.29 is 19.2 Å². The van der Waals surface area contributed by atoms with Gasteiger partial charge in [-0.1, -0.05) is 41.9 Å². The van der Waals surface area contributed by atoms with Crippen molar-refractivity contribution in [3.05, 3.63) is 87.1 Å². The summed E-state index contributed by atoms with van der Waals surface area (Å²) in [7, 11) is 0. The topological polar surface area (TPSA) is 118 Å². The van der Waals surface area contributed by atoms with Crippen LogP contribution in [0.2, 0.25) is 5.02 Å². The summed E-state index contributed by atoms with van der Waals surface area (Å²) in [5.74, 6) is 0.0172. The molecule has 3 aromatic rings. The van der Waals surface area contributed by atoms with Crippen LogP contribution in [-0.4, -0.2) is 22.2 Å². The second kappa shape index (κ2) is 8.47. The molecule has 142 valence electrons. The number of hydrazone groups is 1. The summed E-state index contributed by atoms with van der Waals surface area (Å²) in [6, 6.07) is 15.7. The smallest absolute Gasteiger partial charge is 0.273 e. The molecule has 0 bridgehead atoms. The van der Waals surface area contributed by atoms with E-state index < -0.39 is 16.9 Å². The third-order valence-electron chi connectivity index (χ3n) is 3.79. The number of nitro benzene ring substituents is 1. The number of nitrogens with one attached hydrogen (secondary N) is 1. The first-order valence-corrected chi connectivity index (χ1v) is 8.43. The Morgan fingerprint density at radius 2 is 1.96 bits per heavy atom. The van der Waals surface area contributed by atoms with Crippen LogP contribution in [0, 0.1) is 10.1 Å². The lowest BCUT2D eigenvalue weighted by Crippen LogP contribution is -2.25. The molecule has 0 saturated carbocycles. The van der Waals surface area contributed by atoms with Crippen LogP contribution in [0.4, 0.5) is 5.69 Å². The number of amides is 1. The molecule has 28 heavy (non-hydrogen) atoms. The van der Waals surface area contributed by atoms with E-state index in [1.807, 2.05) is 0 Å². The molecule has 1 amide bonds. The molecule has 0 saturated heterocycles. The lowest BCUT2D eigenvalue weighted by Gasteiger charge is -2.08. The lowest BCUT2D eigenvalue weighted by atomic mass is 10.1. The van der Waals surface area contributed by atoms with Crippen LogP contribution in [0.3, 0.4) is 0 Å². The van der Waals surface area contributed by atoms with Crippen molar-refractivity contribution in [2.45, 2.75) is 6.10 Å². The minimum Gasteiger partial charge on any atom is -0.455 e. The van der Waals surface area contributed by atoms with Crippen LogP contribution >= 0.6 is 11.6 Å². The van der Waals surface area contributed by atoms with Gasteiger partial charge in [0, 0.05) is 17.7 Å². The number of nitro groups is 1. The van der Waals surface area contributed by atoms with Crippen molar-refractivity contribution in [1.82, 2.24) is 5.43 Å². The molecule has 0 spiro atoms. The number of halogens is 1. The van der Waals surface area contributed by atoms with Crippen molar-refractivity contribution in [2.24, 2.45) is 5.10 Å². The first-order valence-electron chi connectivity index (χ1n) is 8.06. The number of non-ortho nitro benzene ring substituents is 1. The zero-order valence-corrected chi connectivity index (χ0v) is 15.0. The van der Waals surface area contributed by atoms with Crippen molar-refractivity contribution >= 4 is 29.4 Å². The van der Waals surface area contributed by atoms with Crippen LogP contribution in [0.5, 0.6) is 0 Å². The Labute approximate surface area is 164 Å². The Bertz CT molecular complexity index is 1030. The summed E-state index contributed by atoms with van der Waals surface area (Å²) in [5, 5.41) is 24.7. The highest BCUT2D eigenvalue weighted by Gasteiger charge is 2.16. The molecule has 1 heterocycles. The SMILES string of the molecule is O=C(N/N=C/c1ccc(-c2ccc([N+](=O)[O-])cc2Cl)o1)C(O)c1ccccc1. The monoisotopic (exact) mass is 399 g/mol. The number of benzene rings is 2. The Balaban J connectivity index is 1.66. The van der Waals surface area contributed by atoms with Gasteiger partial charge in [0.1, 0.15) is 11.5 Å². The summed E-state index contributed by atoms with van der Waals surface area (Å²) < 4.78 is 5.56. The predicted octanol–water partition coefficient (Wildman–Crippen LogP) is 3.69. The van der Waals surface area contributed by atoms with Crippen molar-refractivity contribution in [3.63, 3.8) is 0 Å². The Morgan fingerprint density at radius 1 is 1.21 bits per heavy atom. The molecular formula is C19H14ClN3O5. The highest BCUT2D eigenvalue weighted by molar-refractivity contribution is 6.33.